The lowest BCUT2D eigenvalue weighted by Crippen LogP contribution is -2.43. The van der Waals surface area contributed by atoms with Gasteiger partial charge in [-0.3, -0.25) is 14.3 Å². The Hall–Kier alpha value is -2.90. The van der Waals surface area contributed by atoms with Gasteiger partial charge in [0.2, 0.25) is 0 Å². The van der Waals surface area contributed by atoms with Crippen LogP contribution in [0.4, 0.5) is 4.79 Å². The van der Waals surface area contributed by atoms with Crippen LogP contribution in [0.5, 0.6) is 0 Å². The number of carbonyl (C=O) groups excluding carboxylic acids is 1. The van der Waals surface area contributed by atoms with Crippen LogP contribution in [0.2, 0.25) is 0 Å². The van der Waals surface area contributed by atoms with E-state index in [0.29, 0.717) is 25.9 Å². The molecule has 142 valence electrons. The first-order valence-electron chi connectivity index (χ1n) is 9.15. The van der Waals surface area contributed by atoms with Gasteiger partial charge in [-0.15, -0.1) is 0 Å². The molecule has 1 aliphatic heterocycles. The lowest BCUT2D eigenvalue weighted by molar-refractivity contribution is 0.0188. The number of fused-ring (bicyclic) bond motifs is 3. The second kappa shape index (κ2) is 6.37. The molecule has 27 heavy (non-hydrogen) atoms. The summed E-state index contributed by atoms with van der Waals surface area (Å²) in [7, 11) is 0. The number of rotatable bonds is 1. The molecule has 1 aliphatic rings. The molecule has 0 spiro atoms. The molecule has 1 fully saturated rings. The molecule has 0 radical (unpaired) electrons. The van der Waals surface area contributed by atoms with E-state index in [0.717, 1.165) is 16.6 Å². The molecule has 0 unspecified atom stereocenters. The van der Waals surface area contributed by atoms with Crippen LogP contribution in [0.3, 0.4) is 0 Å². The van der Waals surface area contributed by atoms with Gasteiger partial charge in [-0.1, -0.05) is 0 Å². The van der Waals surface area contributed by atoms with Gasteiger partial charge in [0.05, 0.1) is 10.9 Å². The normalized spacial score (nSPS) is 16.2. The molecule has 0 atom stereocenters. The lowest BCUT2D eigenvalue weighted by atomic mass is 10.0. The quantitative estimate of drug-likeness (QED) is 0.659. The number of pyridine rings is 1. The molecule has 0 N–H and O–H groups in total. The molecule has 8 nitrogen and oxygen atoms in total. The Bertz CT molecular complexity index is 1050. The van der Waals surface area contributed by atoms with E-state index in [4.69, 9.17) is 4.74 Å². The first-order valence-corrected chi connectivity index (χ1v) is 9.15. The van der Waals surface area contributed by atoms with E-state index >= 15 is 0 Å². The highest BCUT2D eigenvalue weighted by atomic mass is 16.6. The van der Waals surface area contributed by atoms with Gasteiger partial charge < -0.3 is 9.64 Å². The number of hydrogen-bond donors (Lipinski definition) is 0. The molecule has 4 heterocycles. The molecule has 0 aliphatic carbocycles. The van der Waals surface area contributed by atoms with Gasteiger partial charge in [0.1, 0.15) is 11.2 Å². The predicted molar refractivity (Wildman–Crippen MR) is 101 cm³/mol. The average molecular weight is 369 g/mol. The minimum Gasteiger partial charge on any atom is -0.444 e. The maximum atomic E-state index is 12.7. The van der Waals surface area contributed by atoms with Gasteiger partial charge in [0.25, 0.3) is 5.56 Å². The van der Waals surface area contributed by atoms with Crippen molar-refractivity contribution in [1.82, 2.24) is 24.1 Å². The Kier molecular flexibility index (Phi) is 4.13. The van der Waals surface area contributed by atoms with Crippen molar-refractivity contribution in [3.05, 3.63) is 41.1 Å². The molecule has 8 heteroatoms. The van der Waals surface area contributed by atoms with Crippen LogP contribution in [0.25, 0.3) is 16.6 Å². The fourth-order valence-corrected chi connectivity index (χ4v) is 3.58. The zero-order valence-electron chi connectivity index (χ0n) is 15.8. The highest BCUT2D eigenvalue weighted by Gasteiger charge is 2.29. The zero-order valence-corrected chi connectivity index (χ0v) is 15.8. The summed E-state index contributed by atoms with van der Waals surface area (Å²) < 4.78 is 8.98. The Balaban J connectivity index is 1.64. The van der Waals surface area contributed by atoms with E-state index in [1.807, 2.05) is 26.8 Å². The Labute approximate surface area is 156 Å². The second-order valence-corrected chi connectivity index (χ2v) is 7.88. The number of aromatic nitrogens is 4. The van der Waals surface area contributed by atoms with E-state index in [2.05, 4.69) is 10.1 Å². The summed E-state index contributed by atoms with van der Waals surface area (Å²) in [6.07, 6.45) is 6.19. The van der Waals surface area contributed by atoms with Crippen molar-refractivity contribution < 1.29 is 9.53 Å². The molecule has 4 rings (SSSR count). The zero-order chi connectivity index (χ0) is 19.2. The fourth-order valence-electron chi connectivity index (χ4n) is 3.58. The van der Waals surface area contributed by atoms with Gasteiger partial charge in [-0.05, 0) is 39.7 Å². The number of likely N-dealkylation sites (tertiary alicyclic amines) is 1. The van der Waals surface area contributed by atoms with Crippen molar-refractivity contribution in [2.45, 2.75) is 45.3 Å². The van der Waals surface area contributed by atoms with Crippen LogP contribution < -0.4 is 5.56 Å². The Morgan fingerprint density at radius 2 is 1.96 bits per heavy atom. The van der Waals surface area contributed by atoms with Gasteiger partial charge in [-0.2, -0.15) is 5.10 Å². The standard InChI is InChI=1S/C19H23N5O3/c1-19(2,3)27-18(26)22-9-5-13(6-10-22)24-16(25)7-11-23-17(24)14-12-20-8-4-15(14)21-23/h4,7-8,11-13H,5-6,9-10H2,1-3H3. The summed E-state index contributed by atoms with van der Waals surface area (Å²) in [5, 5.41) is 5.38. The van der Waals surface area contributed by atoms with E-state index in [1.54, 1.807) is 32.6 Å². The summed E-state index contributed by atoms with van der Waals surface area (Å²) in [6.45, 7) is 6.68. The summed E-state index contributed by atoms with van der Waals surface area (Å²) in [4.78, 5) is 30.8. The Morgan fingerprint density at radius 1 is 1.22 bits per heavy atom. The molecule has 0 aromatic carbocycles. The van der Waals surface area contributed by atoms with Crippen molar-refractivity contribution >= 4 is 22.6 Å². The van der Waals surface area contributed by atoms with E-state index in [1.165, 1.54) is 6.07 Å². The smallest absolute Gasteiger partial charge is 0.410 e. The third-order valence-electron chi connectivity index (χ3n) is 4.78. The summed E-state index contributed by atoms with van der Waals surface area (Å²) in [5.74, 6) is 0. The molecule has 3 aromatic rings. The van der Waals surface area contributed by atoms with Gasteiger partial charge in [-0.25, -0.2) is 9.31 Å². The number of piperidine rings is 1. The van der Waals surface area contributed by atoms with Crippen LogP contribution >= 0.6 is 0 Å². The van der Waals surface area contributed by atoms with Crippen LogP contribution in [0.1, 0.15) is 39.7 Å². The summed E-state index contributed by atoms with van der Waals surface area (Å²) in [6, 6.07) is 3.37. The molecule has 0 bridgehead atoms. The summed E-state index contributed by atoms with van der Waals surface area (Å²) >= 11 is 0. The van der Waals surface area contributed by atoms with Crippen LogP contribution in [-0.4, -0.2) is 48.8 Å². The number of amides is 1. The molecule has 3 aromatic heterocycles. The van der Waals surface area contributed by atoms with E-state index < -0.39 is 5.60 Å². The fraction of sp³-hybridized carbons (Fsp3) is 0.474. The average Bonchev–Trinajstić information content (AvgIpc) is 2.99. The molecule has 1 amide bonds. The lowest BCUT2D eigenvalue weighted by Gasteiger charge is -2.34. The third-order valence-corrected chi connectivity index (χ3v) is 4.78. The molecular formula is C19H23N5O3. The first-order chi connectivity index (χ1) is 12.8. The van der Waals surface area contributed by atoms with Gasteiger partial charge in [0.15, 0.2) is 0 Å². The topological polar surface area (TPSA) is 81.7 Å². The monoisotopic (exact) mass is 369 g/mol. The third kappa shape index (κ3) is 3.27. The number of ether oxygens (including phenoxy) is 1. The second-order valence-electron chi connectivity index (χ2n) is 7.88. The first kappa shape index (κ1) is 17.5. The predicted octanol–water partition coefficient (Wildman–Crippen LogP) is 2.62. The van der Waals surface area contributed by atoms with Crippen molar-refractivity contribution in [1.29, 1.82) is 0 Å². The molecule has 0 saturated carbocycles. The maximum absolute atomic E-state index is 12.7. The Morgan fingerprint density at radius 3 is 2.67 bits per heavy atom. The van der Waals surface area contributed by atoms with Crippen LogP contribution in [0, 0.1) is 0 Å². The minimum absolute atomic E-state index is 0.00000661. The summed E-state index contributed by atoms with van der Waals surface area (Å²) in [5.41, 5.74) is 0.973. The SMILES string of the molecule is CC(C)(C)OC(=O)N1CCC(n2c(=O)ccn3nc4ccncc4c23)CC1. The van der Waals surface area contributed by atoms with Gasteiger partial charge >= 0.3 is 6.09 Å². The number of nitrogens with zero attached hydrogens (tertiary/aromatic N) is 5. The highest BCUT2D eigenvalue weighted by molar-refractivity contribution is 5.91. The number of hydrogen-bond acceptors (Lipinski definition) is 5. The van der Waals surface area contributed by atoms with Gasteiger partial charge in [0, 0.05) is 43.8 Å². The number of carbonyl (C=O) groups is 1. The molecule has 1 saturated heterocycles. The van der Waals surface area contributed by atoms with E-state index in [9.17, 15) is 9.59 Å². The maximum Gasteiger partial charge on any atom is 0.410 e. The molecular weight excluding hydrogens is 346 g/mol. The van der Waals surface area contributed by atoms with Crippen molar-refractivity contribution in [3.8, 4) is 0 Å². The highest BCUT2D eigenvalue weighted by Crippen LogP contribution is 2.27. The van der Waals surface area contributed by atoms with Crippen LogP contribution in [-0.2, 0) is 4.74 Å². The van der Waals surface area contributed by atoms with Crippen LogP contribution in [0.15, 0.2) is 35.5 Å². The largest absolute Gasteiger partial charge is 0.444 e. The van der Waals surface area contributed by atoms with E-state index in [-0.39, 0.29) is 17.7 Å². The minimum atomic E-state index is -0.514. The van der Waals surface area contributed by atoms with Crippen molar-refractivity contribution in [3.63, 3.8) is 0 Å². The van der Waals surface area contributed by atoms with Crippen molar-refractivity contribution in [2.24, 2.45) is 0 Å². The van der Waals surface area contributed by atoms with Crippen molar-refractivity contribution in [2.75, 3.05) is 13.1 Å².